The summed E-state index contributed by atoms with van der Waals surface area (Å²) in [6, 6.07) is 22.6. The Balaban J connectivity index is 1.84. The number of halogens is 1. The first-order valence-electron chi connectivity index (χ1n) is 9.10. The van der Waals surface area contributed by atoms with Crippen LogP contribution in [-0.2, 0) is 6.54 Å². The number of nitrogen functional groups attached to an aromatic ring is 1. The smallest absolute Gasteiger partial charge is 0.166 e. The molecule has 6 heteroatoms. The van der Waals surface area contributed by atoms with Gasteiger partial charge in [-0.2, -0.15) is 0 Å². The maximum Gasteiger partial charge on any atom is 0.166 e. The van der Waals surface area contributed by atoms with Crippen LogP contribution in [0.4, 0.5) is 5.82 Å². The molecule has 4 aromatic rings. The zero-order valence-corrected chi connectivity index (χ0v) is 16.6. The molecule has 0 spiro atoms. The average Bonchev–Trinajstić information content (AvgIpc) is 3.12. The van der Waals surface area contributed by atoms with Crippen LogP contribution in [0.1, 0.15) is 5.69 Å². The Bertz CT molecular complexity index is 1150. The van der Waals surface area contributed by atoms with Gasteiger partial charge in [-0.15, -0.1) is 0 Å². The van der Waals surface area contributed by atoms with Crippen LogP contribution in [-0.4, -0.2) is 21.8 Å². The Kier molecular flexibility index (Phi) is 5.14. The van der Waals surface area contributed by atoms with Gasteiger partial charge in [0.05, 0.1) is 25.0 Å². The van der Waals surface area contributed by atoms with Gasteiger partial charge >= 0.3 is 0 Å². The monoisotopic (exact) mass is 405 g/mol. The highest BCUT2D eigenvalue weighted by molar-refractivity contribution is 6.33. The molecule has 0 aliphatic heterocycles. The molecule has 0 bridgehead atoms. The third-order valence-electron chi connectivity index (χ3n) is 4.78. The van der Waals surface area contributed by atoms with Gasteiger partial charge in [-0.1, -0.05) is 29.8 Å². The summed E-state index contributed by atoms with van der Waals surface area (Å²) >= 11 is 6.48. The second kappa shape index (κ2) is 7.89. The molecule has 0 saturated heterocycles. The largest absolute Gasteiger partial charge is 0.508 e. The van der Waals surface area contributed by atoms with Crippen molar-refractivity contribution in [2.24, 2.45) is 0 Å². The van der Waals surface area contributed by atoms with E-state index in [0.717, 1.165) is 28.2 Å². The third kappa shape index (κ3) is 3.77. The maximum atomic E-state index is 9.65. The van der Waals surface area contributed by atoms with E-state index in [2.05, 4.69) is 9.55 Å². The number of hydrogen-bond donors (Lipinski definition) is 2. The van der Waals surface area contributed by atoms with Crippen LogP contribution >= 0.6 is 11.6 Å². The van der Waals surface area contributed by atoms with Crippen LogP contribution in [0, 0.1) is 0 Å². The van der Waals surface area contributed by atoms with Crippen molar-refractivity contribution >= 4 is 17.4 Å². The van der Waals surface area contributed by atoms with Crippen molar-refractivity contribution in [2.75, 3.05) is 12.8 Å². The van der Waals surface area contributed by atoms with Crippen molar-refractivity contribution in [1.82, 2.24) is 9.55 Å². The molecule has 0 unspecified atom stereocenters. The number of nitrogens with zero attached hydrogens (tertiary/aromatic N) is 2. The molecule has 0 fully saturated rings. The molecule has 0 saturated carbocycles. The summed E-state index contributed by atoms with van der Waals surface area (Å²) in [6.07, 6.45) is 0. The van der Waals surface area contributed by atoms with E-state index in [9.17, 15) is 5.11 Å². The van der Waals surface area contributed by atoms with E-state index in [4.69, 9.17) is 22.1 Å². The molecule has 0 radical (unpaired) electrons. The third-order valence-corrected chi connectivity index (χ3v) is 5.11. The topological polar surface area (TPSA) is 73.3 Å². The number of anilines is 1. The van der Waals surface area contributed by atoms with E-state index in [0.29, 0.717) is 23.1 Å². The highest BCUT2D eigenvalue weighted by Crippen LogP contribution is 2.34. The summed E-state index contributed by atoms with van der Waals surface area (Å²) in [6.45, 7) is 0.498. The van der Waals surface area contributed by atoms with Crippen LogP contribution in [0.3, 0.4) is 0 Å². The minimum Gasteiger partial charge on any atom is -0.508 e. The molecule has 2 aromatic carbocycles. The molecule has 2 heterocycles. The van der Waals surface area contributed by atoms with E-state index in [1.165, 1.54) is 0 Å². The lowest BCUT2D eigenvalue weighted by molar-refractivity contribution is 0.415. The van der Waals surface area contributed by atoms with Gasteiger partial charge in [0.15, 0.2) is 11.6 Å². The highest BCUT2D eigenvalue weighted by Gasteiger charge is 2.15. The van der Waals surface area contributed by atoms with E-state index in [1.54, 1.807) is 19.2 Å². The number of phenolic OH excluding ortho intramolecular Hbond substituents is 1. The minimum absolute atomic E-state index is 0.225. The van der Waals surface area contributed by atoms with Crippen LogP contribution in [0.2, 0.25) is 5.02 Å². The zero-order chi connectivity index (χ0) is 20.4. The molecule has 0 aliphatic carbocycles. The molecule has 146 valence electrons. The second-order valence-electron chi connectivity index (χ2n) is 6.61. The van der Waals surface area contributed by atoms with Crippen molar-refractivity contribution in [3.63, 3.8) is 0 Å². The van der Waals surface area contributed by atoms with Gasteiger partial charge in [0.2, 0.25) is 0 Å². The Morgan fingerprint density at radius 1 is 0.966 bits per heavy atom. The maximum absolute atomic E-state index is 9.65. The first-order chi connectivity index (χ1) is 14.1. The molecule has 0 amide bonds. The summed E-state index contributed by atoms with van der Waals surface area (Å²) in [5.41, 5.74) is 10.7. The van der Waals surface area contributed by atoms with E-state index < -0.39 is 0 Å². The van der Waals surface area contributed by atoms with Gasteiger partial charge in [0.25, 0.3) is 0 Å². The fourth-order valence-corrected chi connectivity index (χ4v) is 3.59. The standard InChI is InChI=1S/C23H20ClN3O2/c1-29-22-13-8-16(26-23(22)25)14-27-20(15-6-9-17(28)10-7-15)11-12-21(27)18-4-2-3-5-19(18)24/h2-13,28H,14H2,1H3,(H2,25,26). The Morgan fingerprint density at radius 2 is 1.69 bits per heavy atom. The molecule has 4 rings (SSSR count). The number of pyridine rings is 1. The van der Waals surface area contributed by atoms with Gasteiger partial charge in [-0.3, -0.25) is 0 Å². The molecule has 3 N–H and O–H groups in total. The molecule has 2 aromatic heterocycles. The van der Waals surface area contributed by atoms with E-state index in [1.807, 2.05) is 60.7 Å². The van der Waals surface area contributed by atoms with Crippen molar-refractivity contribution < 1.29 is 9.84 Å². The molecule has 5 nitrogen and oxygen atoms in total. The van der Waals surface area contributed by atoms with Crippen molar-refractivity contribution in [3.05, 3.63) is 83.5 Å². The number of rotatable bonds is 5. The molecular weight excluding hydrogens is 386 g/mol. The number of methoxy groups -OCH3 is 1. The predicted molar refractivity (Wildman–Crippen MR) is 116 cm³/mol. The molecule has 0 atom stereocenters. The summed E-state index contributed by atoms with van der Waals surface area (Å²) in [5.74, 6) is 1.12. The van der Waals surface area contributed by atoms with Gasteiger partial charge in [0.1, 0.15) is 5.75 Å². The summed E-state index contributed by atoms with van der Waals surface area (Å²) in [5, 5.41) is 10.3. The lowest BCUT2D eigenvalue weighted by atomic mass is 10.1. The molecule has 0 aliphatic rings. The fourth-order valence-electron chi connectivity index (χ4n) is 3.35. The lowest BCUT2D eigenvalue weighted by Gasteiger charge is -2.15. The van der Waals surface area contributed by atoms with Crippen molar-refractivity contribution in [3.8, 4) is 34.0 Å². The van der Waals surface area contributed by atoms with E-state index in [-0.39, 0.29) is 5.75 Å². The highest BCUT2D eigenvalue weighted by atomic mass is 35.5. The molecular formula is C23H20ClN3O2. The molecule has 29 heavy (non-hydrogen) atoms. The summed E-state index contributed by atoms with van der Waals surface area (Å²) in [7, 11) is 1.57. The first-order valence-corrected chi connectivity index (χ1v) is 9.48. The number of aromatic nitrogens is 2. The van der Waals surface area contributed by atoms with Gasteiger partial charge in [-0.25, -0.2) is 4.98 Å². The fraction of sp³-hybridized carbons (Fsp3) is 0.0870. The van der Waals surface area contributed by atoms with Gasteiger partial charge in [0, 0.05) is 16.3 Å². The van der Waals surface area contributed by atoms with Gasteiger partial charge in [-0.05, 0) is 60.2 Å². The van der Waals surface area contributed by atoms with Gasteiger partial charge < -0.3 is 20.1 Å². The summed E-state index contributed by atoms with van der Waals surface area (Å²) < 4.78 is 7.35. The number of phenols is 1. The quantitative estimate of drug-likeness (QED) is 0.477. The predicted octanol–water partition coefficient (Wildman–Crippen LogP) is 5.22. The second-order valence-corrected chi connectivity index (χ2v) is 7.01. The number of hydrogen-bond acceptors (Lipinski definition) is 4. The van der Waals surface area contributed by atoms with Crippen molar-refractivity contribution in [1.29, 1.82) is 0 Å². The number of ether oxygens (including phenoxy) is 1. The van der Waals surface area contributed by atoms with Crippen LogP contribution in [0.5, 0.6) is 11.5 Å². The number of benzene rings is 2. The normalized spacial score (nSPS) is 10.8. The zero-order valence-electron chi connectivity index (χ0n) is 15.8. The van der Waals surface area contributed by atoms with Crippen molar-refractivity contribution in [2.45, 2.75) is 6.54 Å². The lowest BCUT2D eigenvalue weighted by Crippen LogP contribution is -2.07. The Morgan fingerprint density at radius 3 is 2.38 bits per heavy atom. The number of aromatic hydroxyl groups is 1. The Hall–Kier alpha value is -3.44. The average molecular weight is 406 g/mol. The Labute approximate surface area is 174 Å². The van der Waals surface area contributed by atoms with Crippen LogP contribution in [0.25, 0.3) is 22.5 Å². The van der Waals surface area contributed by atoms with E-state index >= 15 is 0 Å². The van der Waals surface area contributed by atoms with Crippen LogP contribution in [0.15, 0.2) is 72.8 Å². The van der Waals surface area contributed by atoms with Crippen LogP contribution < -0.4 is 10.5 Å². The first kappa shape index (κ1) is 18.9. The number of nitrogens with two attached hydrogens (primary N) is 1. The minimum atomic E-state index is 0.225. The SMILES string of the molecule is COc1ccc(Cn2c(-c3ccc(O)cc3)ccc2-c2ccccc2Cl)nc1N. The summed E-state index contributed by atoms with van der Waals surface area (Å²) in [4.78, 5) is 4.48.